The number of carbonyl (C=O) groups is 3. The third-order valence-corrected chi connectivity index (χ3v) is 5.88. The number of rotatable bonds is 7. The monoisotopic (exact) mass is 474 g/mol. The molecule has 1 unspecified atom stereocenters. The number of nitrogens with zero attached hydrogens (tertiary/aromatic N) is 3. The van der Waals surface area contributed by atoms with Crippen LogP contribution in [0, 0.1) is 0 Å². The standard InChI is InChI=1S/C24H22N6O5/c1-34-15-3-2-14-11-30(23(32)16(14)8-15)12-17(22(31)29-24(25)33)19-9-18-20(35-19)6-13(10-28-18)7-21-26-4-5-27-21/h2-6,8-10,17H,7,11-12H2,1H3,(H,26,27)(H3,25,29,31,33). The van der Waals surface area contributed by atoms with Crippen LogP contribution < -0.4 is 15.8 Å². The van der Waals surface area contributed by atoms with Crippen LogP contribution in [0.4, 0.5) is 4.79 Å². The highest BCUT2D eigenvalue weighted by Crippen LogP contribution is 2.31. The van der Waals surface area contributed by atoms with E-state index in [9.17, 15) is 14.4 Å². The number of carbonyl (C=O) groups excluding carboxylic acids is 3. The van der Waals surface area contributed by atoms with Crippen LogP contribution in [0.15, 0.2) is 53.3 Å². The lowest BCUT2D eigenvalue weighted by Crippen LogP contribution is -2.42. The fourth-order valence-electron chi connectivity index (χ4n) is 4.18. The van der Waals surface area contributed by atoms with Crippen LogP contribution in [0.5, 0.6) is 5.75 Å². The summed E-state index contributed by atoms with van der Waals surface area (Å²) >= 11 is 0. The second kappa shape index (κ2) is 8.93. The van der Waals surface area contributed by atoms with Crippen LogP contribution in [0.2, 0.25) is 0 Å². The maximum atomic E-state index is 13.0. The highest BCUT2D eigenvalue weighted by molar-refractivity contribution is 6.00. The zero-order chi connectivity index (χ0) is 24.5. The summed E-state index contributed by atoms with van der Waals surface area (Å²) in [6.07, 6.45) is 5.64. The van der Waals surface area contributed by atoms with Crippen LogP contribution in [-0.4, -0.2) is 51.4 Å². The van der Waals surface area contributed by atoms with E-state index in [1.807, 2.05) is 12.1 Å². The summed E-state index contributed by atoms with van der Waals surface area (Å²) < 4.78 is 11.2. The Balaban J connectivity index is 1.43. The third kappa shape index (κ3) is 4.43. The van der Waals surface area contributed by atoms with Crippen LogP contribution in [0.3, 0.4) is 0 Å². The molecule has 0 spiro atoms. The van der Waals surface area contributed by atoms with Gasteiger partial charge in [-0.2, -0.15) is 0 Å². The van der Waals surface area contributed by atoms with Gasteiger partial charge in [0.05, 0.1) is 7.11 Å². The molecule has 0 fully saturated rings. The summed E-state index contributed by atoms with van der Waals surface area (Å²) in [7, 11) is 1.53. The topological polar surface area (TPSA) is 156 Å². The highest BCUT2D eigenvalue weighted by atomic mass is 16.5. The number of imide groups is 1. The minimum Gasteiger partial charge on any atom is -0.497 e. The van der Waals surface area contributed by atoms with Gasteiger partial charge in [0.1, 0.15) is 28.8 Å². The molecule has 0 aliphatic carbocycles. The first-order valence-corrected chi connectivity index (χ1v) is 10.8. The van der Waals surface area contributed by atoms with E-state index in [0.29, 0.717) is 35.4 Å². The molecule has 4 aromatic rings. The van der Waals surface area contributed by atoms with Gasteiger partial charge >= 0.3 is 6.03 Å². The molecule has 178 valence electrons. The minimum atomic E-state index is -0.990. The Morgan fingerprint density at radius 2 is 2.14 bits per heavy atom. The zero-order valence-corrected chi connectivity index (χ0v) is 18.8. The van der Waals surface area contributed by atoms with E-state index < -0.39 is 17.9 Å². The number of nitrogens with two attached hydrogens (primary N) is 1. The van der Waals surface area contributed by atoms with E-state index in [-0.39, 0.29) is 18.2 Å². The fourth-order valence-corrected chi connectivity index (χ4v) is 4.18. The Morgan fingerprint density at radius 3 is 2.89 bits per heavy atom. The number of urea groups is 1. The molecule has 0 radical (unpaired) electrons. The Kier molecular flexibility index (Phi) is 5.65. The van der Waals surface area contributed by atoms with Crippen molar-refractivity contribution in [2.24, 2.45) is 5.73 Å². The van der Waals surface area contributed by atoms with Crippen molar-refractivity contribution in [2.45, 2.75) is 18.9 Å². The Morgan fingerprint density at radius 1 is 1.29 bits per heavy atom. The number of fused-ring (bicyclic) bond motifs is 2. The van der Waals surface area contributed by atoms with Crippen molar-refractivity contribution in [3.8, 4) is 5.75 Å². The minimum absolute atomic E-state index is 0.0198. The molecule has 4 heterocycles. The van der Waals surface area contributed by atoms with Gasteiger partial charge in [-0.15, -0.1) is 0 Å². The van der Waals surface area contributed by atoms with Gasteiger partial charge in [0.2, 0.25) is 5.91 Å². The van der Waals surface area contributed by atoms with Gasteiger partial charge in [-0.1, -0.05) is 6.07 Å². The lowest BCUT2D eigenvalue weighted by atomic mass is 10.0. The van der Waals surface area contributed by atoms with Crippen molar-refractivity contribution >= 4 is 28.9 Å². The quantitative estimate of drug-likeness (QED) is 0.370. The number of imidazole rings is 1. The number of hydrogen-bond acceptors (Lipinski definition) is 7. The molecular formula is C24H22N6O5. The average Bonchev–Trinajstić information content (AvgIpc) is 3.56. The van der Waals surface area contributed by atoms with E-state index in [2.05, 4.69) is 20.3 Å². The van der Waals surface area contributed by atoms with Crippen molar-refractivity contribution in [2.75, 3.05) is 13.7 Å². The molecular weight excluding hydrogens is 452 g/mol. The number of benzene rings is 1. The first-order chi connectivity index (χ1) is 16.9. The van der Waals surface area contributed by atoms with E-state index in [4.69, 9.17) is 14.9 Å². The van der Waals surface area contributed by atoms with Gasteiger partial charge in [0, 0.05) is 49.7 Å². The number of ether oxygens (including phenoxy) is 1. The highest BCUT2D eigenvalue weighted by Gasteiger charge is 2.34. The summed E-state index contributed by atoms with van der Waals surface area (Å²) in [5.41, 5.74) is 8.40. The number of aromatic nitrogens is 3. The number of methoxy groups -OCH3 is 1. The molecule has 0 bridgehead atoms. The Hall–Kier alpha value is -4.67. The number of furan rings is 1. The Labute approximate surface area is 199 Å². The fraction of sp³-hybridized carbons (Fsp3) is 0.208. The van der Waals surface area contributed by atoms with Crippen molar-refractivity contribution in [3.63, 3.8) is 0 Å². The maximum Gasteiger partial charge on any atom is 0.318 e. The van der Waals surface area contributed by atoms with Gasteiger partial charge in [-0.25, -0.2) is 9.78 Å². The zero-order valence-electron chi connectivity index (χ0n) is 18.8. The smallest absolute Gasteiger partial charge is 0.318 e. The second-order valence-corrected chi connectivity index (χ2v) is 8.20. The molecule has 1 aromatic carbocycles. The Bertz CT molecular complexity index is 1430. The first-order valence-electron chi connectivity index (χ1n) is 10.8. The van der Waals surface area contributed by atoms with Gasteiger partial charge < -0.3 is 24.8 Å². The molecule has 11 heteroatoms. The molecule has 35 heavy (non-hydrogen) atoms. The van der Waals surface area contributed by atoms with Crippen molar-refractivity contribution in [1.82, 2.24) is 25.2 Å². The predicted octanol–water partition coefficient (Wildman–Crippen LogP) is 2.08. The SMILES string of the molecule is COc1ccc2c(c1)C(=O)N(CC(C(=O)NC(N)=O)c1cc3ncc(Cc4ncc[nH]4)cc3o1)C2. The van der Waals surface area contributed by atoms with E-state index in [0.717, 1.165) is 17.0 Å². The molecule has 1 atom stereocenters. The normalized spacial score (nSPS) is 13.6. The summed E-state index contributed by atoms with van der Waals surface area (Å²) in [5, 5.41) is 2.10. The number of H-pyrrole nitrogens is 1. The summed E-state index contributed by atoms with van der Waals surface area (Å²) in [6, 6.07) is 7.72. The van der Waals surface area contributed by atoms with Crippen molar-refractivity contribution in [1.29, 1.82) is 0 Å². The molecule has 4 amide bonds. The second-order valence-electron chi connectivity index (χ2n) is 8.20. The lowest BCUT2D eigenvalue weighted by molar-refractivity contribution is -0.122. The predicted molar refractivity (Wildman–Crippen MR) is 124 cm³/mol. The van der Waals surface area contributed by atoms with E-state index in [1.54, 1.807) is 36.8 Å². The molecule has 1 aliphatic rings. The molecule has 1 aliphatic heterocycles. The van der Waals surface area contributed by atoms with Crippen LogP contribution >= 0.6 is 0 Å². The van der Waals surface area contributed by atoms with Gasteiger partial charge in [0.25, 0.3) is 5.91 Å². The summed E-state index contributed by atoms with van der Waals surface area (Å²) in [6.45, 7) is 0.290. The van der Waals surface area contributed by atoms with E-state index in [1.165, 1.54) is 12.0 Å². The number of pyridine rings is 1. The van der Waals surface area contributed by atoms with Crippen molar-refractivity contribution < 1.29 is 23.5 Å². The summed E-state index contributed by atoms with van der Waals surface area (Å²) in [5.74, 6) is -0.288. The average molecular weight is 474 g/mol. The molecule has 0 saturated carbocycles. The van der Waals surface area contributed by atoms with Crippen LogP contribution in [-0.2, 0) is 17.8 Å². The molecule has 5 rings (SSSR count). The largest absolute Gasteiger partial charge is 0.497 e. The lowest BCUT2D eigenvalue weighted by Gasteiger charge is -2.21. The molecule has 3 aromatic heterocycles. The molecule has 11 nitrogen and oxygen atoms in total. The van der Waals surface area contributed by atoms with Crippen LogP contribution in [0.1, 0.15) is 39.0 Å². The number of amides is 4. The number of hydrogen-bond donors (Lipinski definition) is 3. The molecule has 0 saturated heterocycles. The number of nitrogens with one attached hydrogen (secondary N) is 2. The number of primary amides is 1. The van der Waals surface area contributed by atoms with E-state index >= 15 is 0 Å². The van der Waals surface area contributed by atoms with Gasteiger partial charge in [-0.05, 0) is 29.3 Å². The van der Waals surface area contributed by atoms with Gasteiger partial charge in [0.15, 0.2) is 5.58 Å². The maximum absolute atomic E-state index is 13.0. The van der Waals surface area contributed by atoms with Crippen LogP contribution in [0.25, 0.3) is 11.1 Å². The summed E-state index contributed by atoms with van der Waals surface area (Å²) in [4.78, 5) is 50.6. The number of aromatic amines is 1. The van der Waals surface area contributed by atoms with Gasteiger partial charge in [-0.3, -0.25) is 19.9 Å². The first kappa shape index (κ1) is 22.1. The molecule has 4 N–H and O–H groups in total. The third-order valence-electron chi connectivity index (χ3n) is 5.88. The van der Waals surface area contributed by atoms with Crippen molar-refractivity contribution in [3.05, 3.63) is 77.2 Å².